The molecule has 1 atom stereocenters. The van der Waals surface area contributed by atoms with Gasteiger partial charge in [-0.1, -0.05) is 155 Å². The van der Waals surface area contributed by atoms with E-state index in [9.17, 15) is 5.26 Å². The van der Waals surface area contributed by atoms with Crippen molar-refractivity contribution in [3.8, 4) is 23.1 Å². The summed E-state index contributed by atoms with van der Waals surface area (Å²) < 4.78 is 26.8. The van der Waals surface area contributed by atoms with E-state index in [1.54, 1.807) is 12.1 Å². The zero-order chi connectivity index (χ0) is 40.2. The third kappa shape index (κ3) is 7.66. The molecular weight excluding hydrogens is 720 g/mol. The Bertz CT molecular complexity index is 2370. The largest absolute Gasteiger partial charge is 0.542 e. The number of hydrogen-bond donors (Lipinski definition) is 1. The normalized spacial score (nSPS) is 12.5. The predicted molar refractivity (Wildman–Crippen MR) is 232 cm³/mol. The highest BCUT2D eigenvalue weighted by Gasteiger charge is 2.43. The lowest BCUT2D eigenvalue weighted by Gasteiger charge is -2.40. The highest BCUT2D eigenvalue weighted by molar-refractivity contribution is 6.74. The van der Waals surface area contributed by atoms with E-state index in [-0.39, 0.29) is 10.8 Å². The smallest absolute Gasteiger partial charge is 0.250 e. The summed E-state index contributed by atoms with van der Waals surface area (Å²) in [4.78, 5) is 5.52. The number of aromatic nitrogens is 2. The summed E-state index contributed by atoms with van der Waals surface area (Å²) >= 11 is 0. The van der Waals surface area contributed by atoms with Crippen molar-refractivity contribution in [2.75, 3.05) is 5.32 Å². The summed E-state index contributed by atoms with van der Waals surface area (Å²) in [6.45, 7) is 12.9. The van der Waals surface area contributed by atoms with Crippen LogP contribution in [0.3, 0.4) is 0 Å². The van der Waals surface area contributed by atoms with Crippen LogP contribution in [0.15, 0.2) is 164 Å². The first-order valence-electron chi connectivity index (χ1n) is 19.6. The van der Waals surface area contributed by atoms with Crippen molar-refractivity contribution >= 4 is 14.0 Å². The van der Waals surface area contributed by atoms with Crippen LogP contribution >= 0.6 is 0 Å². The maximum absolute atomic E-state index is 17.8. The summed E-state index contributed by atoms with van der Waals surface area (Å²) in [6, 6.07) is 54.0. The van der Waals surface area contributed by atoms with Crippen LogP contribution in [0.2, 0.25) is 18.1 Å². The number of benzene rings is 6. The van der Waals surface area contributed by atoms with E-state index in [1.165, 1.54) is 0 Å². The molecule has 0 aliphatic carbocycles. The number of nitrogens with one attached hydrogen (secondary N) is 1. The molecule has 7 aromatic rings. The van der Waals surface area contributed by atoms with Crippen LogP contribution in [0.25, 0.3) is 11.3 Å². The molecule has 1 N–H and O–H groups in total. The van der Waals surface area contributed by atoms with Crippen LogP contribution in [-0.2, 0) is 12.0 Å². The van der Waals surface area contributed by atoms with Gasteiger partial charge in [0.25, 0.3) is 8.32 Å². The fourth-order valence-corrected chi connectivity index (χ4v) is 8.26. The first-order valence-corrected chi connectivity index (χ1v) is 22.5. The van der Waals surface area contributed by atoms with Gasteiger partial charge in [0.05, 0.1) is 17.3 Å². The SMILES string of the molecule is CCc1cc(O[Si](C)(C)C(C)(C)C)c(F)c(C(Nc2ccc(C#N)cc2)c2nc(-c3ccccc3)cn2C(c2ccccc2)(c2ccccc2)c2ccccc2)c1. The van der Waals surface area contributed by atoms with Gasteiger partial charge in [-0.15, -0.1) is 0 Å². The maximum atomic E-state index is 17.8. The zero-order valence-corrected chi connectivity index (χ0v) is 34.5. The molecule has 7 heteroatoms. The Balaban J connectivity index is 1.61. The Morgan fingerprint density at radius 1 is 0.754 bits per heavy atom. The van der Waals surface area contributed by atoms with Crippen LogP contribution in [0.5, 0.6) is 5.75 Å². The van der Waals surface area contributed by atoms with Crippen LogP contribution in [0.4, 0.5) is 10.1 Å². The second-order valence-corrected chi connectivity index (χ2v) is 20.7. The fraction of sp³-hybridized carbons (Fsp3) is 0.200. The standard InChI is InChI=1S/C50H49FN4OSi/c1-7-36-32-43(46(51)45(33-36)56-57(5,6)49(2,3)4)47(53-42-30-28-37(34-52)29-31-42)48-54-44(38-20-12-8-13-21-38)35-55(48)50(39-22-14-9-15-23-39,40-24-16-10-17-25-40)41-26-18-11-19-27-41/h8-33,35,47,53H,7H2,1-6H3. The van der Waals surface area contributed by atoms with Gasteiger partial charge in [0, 0.05) is 23.0 Å². The van der Waals surface area contributed by atoms with Crippen LogP contribution < -0.4 is 9.74 Å². The van der Waals surface area contributed by atoms with E-state index in [0.717, 1.165) is 33.5 Å². The molecule has 6 aromatic carbocycles. The Kier molecular flexibility index (Phi) is 11.0. The van der Waals surface area contributed by atoms with Crippen LogP contribution in [0.1, 0.15) is 72.9 Å². The molecule has 0 saturated carbocycles. The summed E-state index contributed by atoms with van der Waals surface area (Å²) in [6.07, 6.45) is 2.79. The molecule has 1 unspecified atom stereocenters. The van der Waals surface area contributed by atoms with E-state index < -0.39 is 25.7 Å². The van der Waals surface area contributed by atoms with Crippen molar-refractivity contribution < 1.29 is 8.82 Å². The molecule has 0 aliphatic rings. The second kappa shape index (κ2) is 16.1. The molecule has 286 valence electrons. The van der Waals surface area contributed by atoms with Gasteiger partial charge < -0.3 is 14.3 Å². The number of hydrogen-bond acceptors (Lipinski definition) is 4. The van der Waals surface area contributed by atoms with E-state index in [1.807, 2.05) is 60.7 Å². The van der Waals surface area contributed by atoms with Gasteiger partial charge in [0.2, 0.25) is 0 Å². The van der Waals surface area contributed by atoms with Crippen molar-refractivity contribution in [1.29, 1.82) is 5.26 Å². The number of nitriles is 1. The number of aryl methyl sites for hydroxylation is 1. The molecule has 5 nitrogen and oxygen atoms in total. The Morgan fingerprint density at radius 2 is 1.26 bits per heavy atom. The molecule has 0 fully saturated rings. The molecule has 0 bridgehead atoms. The number of rotatable bonds is 12. The van der Waals surface area contributed by atoms with E-state index in [0.29, 0.717) is 29.1 Å². The monoisotopic (exact) mass is 768 g/mol. The minimum atomic E-state index is -2.46. The van der Waals surface area contributed by atoms with E-state index in [4.69, 9.17) is 9.41 Å². The number of nitrogens with zero attached hydrogens (tertiary/aromatic N) is 3. The van der Waals surface area contributed by atoms with Crippen LogP contribution in [-0.4, -0.2) is 17.9 Å². The van der Waals surface area contributed by atoms with Crippen molar-refractivity contribution in [3.05, 3.63) is 209 Å². The van der Waals surface area contributed by atoms with E-state index in [2.05, 4.69) is 148 Å². The first kappa shape index (κ1) is 39.0. The lowest BCUT2D eigenvalue weighted by molar-refractivity contribution is 0.447. The molecule has 0 spiro atoms. The Hall–Kier alpha value is -6.23. The Morgan fingerprint density at radius 3 is 1.74 bits per heavy atom. The number of halogens is 1. The summed E-state index contributed by atoms with van der Waals surface area (Å²) in [5.74, 6) is 0.424. The van der Waals surface area contributed by atoms with Gasteiger partial charge in [0.1, 0.15) is 23.2 Å². The van der Waals surface area contributed by atoms with Gasteiger partial charge in [-0.05, 0) is 77.1 Å². The van der Waals surface area contributed by atoms with Crippen molar-refractivity contribution in [3.63, 3.8) is 0 Å². The molecule has 0 radical (unpaired) electrons. The molecule has 0 saturated heterocycles. The molecule has 0 amide bonds. The number of imidazole rings is 1. The third-order valence-corrected chi connectivity index (χ3v) is 15.7. The average molecular weight is 769 g/mol. The number of anilines is 1. The van der Waals surface area contributed by atoms with Crippen LogP contribution in [0, 0.1) is 17.1 Å². The highest BCUT2D eigenvalue weighted by atomic mass is 28.4. The van der Waals surface area contributed by atoms with Gasteiger partial charge >= 0.3 is 0 Å². The average Bonchev–Trinajstić information content (AvgIpc) is 3.68. The van der Waals surface area contributed by atoms with Gasteiger partial charge in [-0.3, -0.25) is 0 Å². The van der Waals surface area contributed by atoms with Gasteiger partial charge in [-0.2, -0.15) is 5.26 Å². The minimum Gasteiger partial charge on any atom is -0.542 e. The Labute approximate surface area is 337 Å². The third-order valence-electron chi connectivity index (χ3n) is 11.3. The molecule has 7 rings (SSSR count). The first-order chi connectivity index (χ1) is 27.5. The predicted octanol–water partition coefficient (Wildman–Crippen LogP) is 12.5. The lowest BCUT2D eigenvalue weighted by atomic mass is 9.76. The summed E-state index contributed by atoms with van der Waals surface area (Å²) in [7, 11) is -2.46. The van der Waals surface area contributed by atoms with E-state index >= 15 is 4.39 Å². The maximum Gasteiger partial charge on any atom is 0.250 e. The van der Waals surface area contributed by atoms with Crippen molar-refractivity contribution in [1.82, 2.24) is 9.55 Å². The topological polar surface area (TPSA) is 62.9 Å². The molecule has 1 aromatic heterocycles. The zero-order valence-electron chi connectivity index (χ0n) is 33.5. The fourth-order valence-electron chi connectivity index (χ4n) is 7.25. The molecule has 57 heavy (non-hydrogen) atoms. The summed E-state index contributed by atoms with van der Waals surface area (Å²) in [5, 5.41) is 13.2. The van der Waals surface area contributed by atoms with Gasteiger partial charge in [0.15, 0.2) is 5.82 Å². The molecule has 0 aliphatic heterocycles. The van der Waals surface area contributed by atoms with Gasteiger partial charge in [-0.25, -0.2) is 9.37 Å². The van der Waals surface area contributed by atoms with Crippen molar-refractivity contribution in [2.45, 2.75) is 63.8 Å². The quantitative estimate of drug-likeness (QED) is 0.0993. The minimum absolute atomic E-state index is 0.149. The second-order valence-electron chi connectivity index (χ2n) is 16.0. The summed E-state index contributed by atoms with van der Waals surface area (Å²) in [5.41, 5.74) is 6.39. The lowest BCUT2D eigenvalue weighted by Crippen LogP contribution is -2.44. The highest BCUT2D eigenvalue weighted by Crippen LogP contribution is 2.46. The molecule has 1 heterocycles. The molecular formula is C50H49FN4OSi. The van der Waals surface area contributed by atoms with Crippen molar-refractivity contribution in [2.24, 2.45) is 0 Å².